The molecule has 0 aromatic heterocycles. The molecule has 5 heteroatoms. The van der Waals surface area contributed by atoms with E-state index < -0.39 is 5.54 Å². The highest BCUT2D eigenvalue weighted by Gasteiger charge is 2.51. The molecule has 0 saturated carbocycles. The number of hydrogen-bond acceptors (Lipinski definition) is 3. The van der Waals surface area contributed by atoms with Crippen molar-refractivity contribution in [1.82, 2.24) is 10.4 Å². The van der Waals surface area contributed by atoms with E-state index in [1.54, 1.807) is 0 Å². The first-order chi connectivity index (χ1) is 6.71. The zero-order chi connectivity index (χ0) is 11.9. The van der Waals surface area contributed by atoms with Gasteiger partial charge in [0.25, 0.3) is 0 Å². The summed E-state index contributed by atoms with van der Waals surface area (Å²) in [5, 5.41) is 14.6. The van der Waals surface area contributed by atoms with Crippen molar-refractivity contribution in [2.75, 3.05) is 5.33 Å². The second-order valence-corrected chi connectivity index (χ2v) is 5.80. The molecule has 1 heterocycles. The first kappa shape index (κ1) is 12.9. The van der Waals surface area contributed by atoms with Crippen molar-refractivity contribution in [3.05, 3.63) is 0 Å². The van der Waals surface area contributed by atoms with Crippen LogP contribution in [0.5, 0.6) is 0 Å². The number of amides is 1. The van der Waals surface area contributed by atoms with Crippen molar-refractivity contribution in [3.63, 3.8) is 0 Å². The Labute approximate surface area is 99.1 Å². The maximum atomic E-state index is 11.3. The average molecular weight is 279 g/mol. The number of halogens is 1. The Bertz CT molecular complexity index is 266. The number of alkyl halides is 1. The Morgan fingerprint density at radius 3 is 2.40 bits per heavy atom. The summed E-state index contributed by atoms with van der Waals surface area (Å²) in [6.07, 6.45) is 0.745. The Hall–Kier alpha value is -0.130. The van der Waals surface area contributed by atoms with Crippen LogP contribution >= 0.6 is 15.9 Å². The van der Waals surface area contributed by atoms with Crippen LogP contribution in [-0.4, -0.2) is 38.6 Å². The van der Waals surface area contributed by atoms with Crippen LogP contribution in [0.25, 0.3) is 0 Å². The van der Waals surface area contributed by atoms with Gasteiger partial charge in [0.1, 0.15) is 0 Å². The summed E-state index contributed by atoms with van der Waals surface area (Å²) < 4.78 is 0. The SMILES string of the molecule is CC1(C)CC(NC(=O)CBr)C(C)(C)N1O. The molecule has 1 rings (SSSR count). The number of hydroxylamine groups is 2. The molecule has 1 amide bonds. The van der Waals surface area contributed by atoms with Crippen molar-refractivity contribution in [3.8, 4) is 0 Å². The summed E-state index contributed by atoms with van der Waals surface area (Å²) >= 11 is 3.12. The van der Waals surface area contributed by atoms with E-state index >= 15 is 0 Å². The minimum absolute atomic E-state index is 0.0254. The van der Waals surface area contributed by atoms with Gasteiger partial charge in [-0.15, -0.1) is 0 Å². The van der Waals surface area contributed by atoms with Crippen LogP contribution in [0.3, 0.4) is 0 Å². The van der Waals surface area contributed by atoms with Gasteiger partial charge in [-0.05, 0) is 34.1 Å². The lowest BCUT2D eigenvalue weighted by Gasteiger charge is -2.35. The summed E-state index contributed by atoms with van der Waals surface area (Å²) in [5.41, 5.74) is -0.727. The Kier molecular flexibility index (Phi) is 3.48. The fourth-order valence-electron chi connectivity index (χ4n) is 2.22. The molecule has 0 bridgehead atoms. The van der Waals surface area contributed by atoms with Gasteiger partial charge in [0.15, 0.2) is 0 Å². The minimum Gasteiger partial charge on any atom is -0.351 e. The zero-order valence-corrected chi connectivity index (χ0v) is 11.3. The van der Waals surface area contributed by atoms with Crippen LogP contribution in [0.15, 0.2) is 0 Å². The summed E-state index contributed by atoms with van der Waals surface area (Å²) in [4.78, 5) is 11.3. The molecule has 1 atom stereocenters. The van der Waals surface area contributed by atoms with Gasteiger partial charge in [-0.3, -0.25) is 4.79 Å². The lowest BCUT2D eigenvalue weighted by molar-refractivity contribution is -0.194. The van der Waals surface area contributed by atoms with E-state index in [2.05, 4.69) is 21.2 Å². The number of carbonyl (C=O) groups excluding carboxylic acids is 1. The standard InChI is InChI=1S/C10H19BrN2O2/c1-9(2)5-7(12-8(14)6-11)10(3,4)13(9)15/h7,15H,5-6H2,1-4H3,(H,12,14). The molecular weight excluding hydrogens is 260 g/mol. The predicted octanol–water partition coefficient (Wildman–Crippen LogP) is 1.52. The molecule has 1 aliphatic heterocycles. The molecule has 1 fully saturated rings. The molecule has 0 aromatic rings. The van der Waals surface area contributed by atoms with E-state index in [0.717, 1.165) is 6.42 Å². The summed E-state index contributed by atoms with van der Waals surface area (Å²) in [6, 6.07) is -0.0254. The molecule has 0 aromatic carbocycles. The number of nitrogens with one attached hydrogen (secondary N) is 1. The molecule has 15 heavy (non-hydrogen) atoms. The summed E-state index contributed by atoms with van der Waals surface area (Å²) in [6.45, 7) is 7.80. The van der Waals surface area contributed by atoms with Crippen molar-refractivity contribution in [2.24, 2.45) is 0 Å². The smallest absolute Gasteiger partial charge is 0.230 e. The Balaban J connectivity index is 2.80. The topological polar surface area (TPSA) is 52.6 Å². The van der Waals surface area contributed by atoms with Gasteiger partial charge in [-0.1, -0.05) is 15.9 Å². The number of hydrogen-bond donors (Lipinski definition) is 2. The highest BCUT2D eigenvalue weighted by Crippen LogP contribution is 2.38. The third-order valence-electron chi connectivity index (χ3n) is 3.13. The van der Waals surface area contributed by atoms with Gasteiger partial charge in [0, 0.05) is 5.54 Å². The minimum atomic E-state index is -0.429. The molecule has 1 saturated heterocycles. The van der Waals surface area contributed by atoms with E-state index in [1.807, 2.05) is 27.7 Å². The predicted molar refractivity (Wildman–Crippen MR) is 62.1 cm³/mol. The van der Waals surface area contributed by atoms with Crippen molar-refractivity contribution in [2.45, 2.75) is 51.2 Å². The first-order valence-corrected chi connectivity index (χ1v) is 6.18. The van der Waals surface area contributed by atoms with E-state index in [9.17, 15) is 10.0 Å². The third-order valence-corrected chi connectivity index (χ3v) is 3.64. The highest BCUT2D eigenvalue weighted by molar-refractivity contribution is 9.09. The molecule has 4 nitrogen and oxygen atoms in total. The summed E-state index contributed by atoms with van der Waals surface area (Å²) in [7, 11) is 0. The maximum absolute atomic E-state index is 11.3. The molecule has 2 N–H and O–H groups in total. The van der Waals surface area contributed by atoms with Crippen LogP contribution in [0.2, 0.25) is 0 Å². The number of carbonyl (C=O) groups is 1. The lowest BCUT2D eigenvalue weighted by Crippen LogP contribution is -2.53. The normalized spacial score (nSPS) is 29.1. The molecule has 1 aliphatic rings. The molecule has 1 unspecified atom stereocenters. The van der Waals surface area contributed by atoms with Crippen molar-refractivity contribution in [1.29, 1.82) is 0 Å². The van der Waals surface area contributed by atoms with Crippen molar-refractivity contribution >= 4 is 21.8 Å². The van der Waals surface area contributed by atoms with Crippen LogP contribution < -0.4 is 5.32 Å². The maximum Gasteiger partial charge on any atom is 0.230 e. The Morgan fingerprint density at radius 2 is 2.07 bits per heavy atom. The van der Waals surface area contributed by atoms with E-state index in [-0.39, 0.29) is 17.5 Å². The van der Waals surface area contributed by atoms with Gasteiger partial charge in [0.2, 0.25) is 5.91 Å². The lowest BCUT2D eigenvalue weighted by atomic mass is 9.94. The second kappa shape index (κ2) is 4.03. The largest absolute Gasteiger partial charge is 0.351 e. The van der Waals surface area contributed by atoms with E-state index in [0.29, 0.717) is 5.33 Å². The second-order valence-electron chi connectivity index (χ2n) is 5.24. The van der Waals surface area contributed by atoms with Gasteiger partial charge < -0.3 is 10.5 Å². The first-order valence-electron chi connectivity index (χ1n) is 5.06. The molecular formula is C10H19BrN2O2. The van der Waals surface area contributed by atoms with Gasteiger partial charge >= 0.3 is 0 Å². The van der Waals surface area contributed by atoms with Crippen LogP contribution in [0.1, 0.15) is 34.1 Å². The number of nitrogens with zero attached hydrogens (tertiary/aromatic N) is 1. The fraction of sp³-hybridized carbons (Fsp3) is 0.900. The van der Waals surface area contributed by atoms with Gasteiger partial charge in [-0.25, -0.2) is 0 Å². The average Bonchev–Trinajstić information content (AvgIpc) is 2.27. The molecule has 0 radical (unpaired) electrons. The monoisotopic (exact) mass is 278 g/mol. The molecule has 0 aliphatic carbocycles. The van der Waals surface area contributed by atoms with Crippen LogP contribution in [-0.2, 0) is 4.79 Å². The number of rotatable bonds is 2. The fourth-order valence-corrected chi connectivity index (χ4v) is 2.39. The van der Waals surface area contributed by atoms with Gasteiger partial charge in [0.05, 0.1) is 16.9 Å². The molecule has 0 spiro atoms. The third kappa shape index (κ3) is 2.34. The summed E-state index contributed by atoms with van der Waals surface area (Å²) in [5.74, 6) is -0.0424. The Morgan fingerprint density at radius 1 is 1.53 bits per heavy atom. The van der Waals surface area contributed by atoms with Crippen LogP contribution in [0, 0.1) is 0 Å². The van der Waals surface area contributed by atoms with Crippen LogP contribution in [0.4, 0.5) is 0 Å². The highest BCUT2D eigenvalue weighted by atomic mass is 79.9. The molecule has 88 valence electrons. The van der Waals surface area contributed by atoms with Crippen molar-refractivity contribution < 1.29 is 10.0 Å². The zero-order valence-electron chi connectivity index (χ0n) is 9.67. The van der Waals surface area contributed by atoms with Gasteiger partial charge in [-0.2, -0.15) is 5.06 Å². The quantitative estimate of drug-likeness (QED) is 0.753. The van der Waals surface area contributed by atoms with E-state index in [4.69, 9.17) is 0 Å². The van der Waals surface area contributed by atoms with E-state index in [1.165, 1.54) is 5.06 Å².